The van der Waals surface area contributed by atoms with Crippen molar-refractivity contribution >= 4 is 34.7 Å². The third-order valence-electron chi connectivity index (χ3n) is 9.98. The van der Waals surface area contributed by atoms with Crippen LogP contribution in [0.2, 0.25) is 0 Å². The predicted octanol–water partition coefficient (Wildman–Crippen LogP) is -0.254. The summed E-state index contributed by atoms with van der Waals surface area (Å²) in [7, 11) is 3.60. The van der Waals surface area contributed by atoms with E-state index < -0.39 is 117 Å². The summed E-state index contributed by atoms with van der Waals surface area (Å²) in [6, 6.07) is 2.17. The number of aryl methyl sites for hydroxylation is 1. The zero-order valence-corrected chi connectivity index (χ0v) is 26.9. The maximum absolute atomic E-state index is 14.5. The summed E-state index contributed by atoms with van der Waals surface area (Å²) in [5.41, 5.74) is -3.97. The Labute approximate surface area is 278 Å². The van der Waals surface area contributed by atoms with Crippen LogP contribution in [0.3, 0.4) is 0 Å². The van der Waals surface area contributed by atoms with Gasteiger partial charge in [-0.05, 0) is 37.1 Å². The molecule has 0 saturated carbocycles. The molecule has 6 rings (SSSR count). The van der Waals surface area contributed by atoms with Crippen LogP contribution >= 0.6 is 0 Å². The van der Waals surface area contributed by atoms with Crippen molar-refractivity contribution in [2.24, 2.45) is 10.7 Å². The number of phenolic OH excluding ortho intramolecular Hbond substituents is 1. The molecule has 1 heterocycles. The molecule has 0 radical (unpaired) electrons. The van der Waals surface area contributed by atoms with Gasteiger partial charge in [-0.3, -0.25) is 14.4 Å². The molecule has 1 fully saturated rings. The minimum Gasteiger partial charge on any atom is -0.507 e. The fraction of sp³-hybridized carbons (Fsp3) is 0.424. The summed E-state index contributed by atoms with van der Waals surface area (Å²) in [5.74, 6) is -7.16. The number of benzene rings is 2. The van der Waals surface area contributed by atoms with Crippen LogP contribution in [0.25, 0.3) is 5.70 Å². The maximum atomic E-state index is 14.5. The van der Waals surface area contributed by atoms with Gasteiger partial charge in [-0.25, -0.2) is 9.79 Å². The molecule has 3 aliphatic carbocycles. The van der Waals surface area contributed by atoms with Crippen LogP contribution < -0.4 is 5.73 Å². The molecule has 8 atom stereocenters. The topological polar surface area (TPSA) is 265 Å². The normalized spacial score (nSPS) is 33.0. The molecular formula is C33H34N2O14. The average Bonchev–Trinajstić information content (AvgIpc) is 3.02. The maximum Gasteiger partial charge on any atom is 0.339 e. The van der Waals surface area contributed by atoms with Crippen LogP contribution in [0.5, 0.6) is 11.5 Å². The van der Waals surface area contributed by atoms with Gasteiger partial charge in [0.2, 0.25) is 17.3 Å². The second-order valence-corrected chi connectivity index (χ2v) is 12.4. The number of nitrogens with zero attached hydrogens (tertiary/aromatic N) is 1. The number of aliphatic hydroxyl groups is 3. The van der Waals surface area contributed by atoms with Gasteiger partial charge in [-0.15, -0.1) is 0 Å². The lowest BCUT2D eigenvalue weighted by atomic mass is 9.56. The Hall–Kier alpha value is -4.55. The quantitative estimate of drug-likeness (QED) is 0.214. The van der Waals surface area contributed by atoms with Crippen molar-refractivity contribution in [3.8, 4) is 11.5 Å². The predicted molar refractivity (Wildman–Crippen MR) is 166 cm³/mol. The first kappa shape index (κ1) is 34.3. The van der Waals surface area contributed by atoms with E-state index >= 15 is 0 Å². The van der Waals surface area contributed by atoms with Crippen LogP contribution in [0.4, 0.5) is 0 Å². The molecule has 260 valence electrons. The van der Waals surface area contributed by atoms with Crippen LogP contribution in [0.1, 0.15) is 70.6 Å². The van der Waals surface area contributed by atoms with Gasteiger partial charge < -0.3 is 55.3 Å². The minimum atomic E-state index is -3.25. The smallest absolute Gasteiger partial charge is 0.339 e. The highest BCUT2D eigenvalue weighted by Crippen LogP contribution is 2.56. The molecule has 8 unspecified atom stereocenters. The van der Waals surface area contributed by atoms with Crippen molar-refractivity contribution in [2.45, 2.75) is 68.2 Å². The number of aromatic hydroxyl groups is 2. The number of phenols is 2. The molecule has 0 aromatic heterocycles. The van der Waals surface area contributed by atoms with E-state index in [-0.39, 0.29) is 28.1 Å². The first-order chi connectivity index (χ1) is 23.0. The summed E-state index contributed by atoms with van der Waals surface area (Å²) >= 11 is 0. The Morgan fingerprint density at radius 2 is 1.65 bits per heavy atom. The monoisotopic (exact) mass is 682 g/mol. The average molecular weight is 683 g/mol. The molecule has 2 aromatic rings. The number of aliphatic hydroxyl groups excluding tert-OH is 2. The highest BCUT2D eigenvalue weighted by molar-refractivity contribution is 6.53. The molecule has 4 aliphatic rings. The van der Waals surface area contributed by atoms with Crippen molar-refractivity contribution in [2.75, 3.05) is 21.3 Å². The van der Waals surface area contributed by atoms with E-state index in [1.807, 2.05) is 0 Å². The van der Waals surface area contributed by atoms with Crippen molar-refractivity contribution < 1.29 is 68.8 Å². The molecule has 1 aliphatic heterocycles. The number of hydrogen-bond acceptors (Lipinski definition) is 15. The number of hydrogen-bond donors (Lipinski definition) is 7. The number of aliphatic imine (C=N–C) groups is 1. The fourth-order valence-electron chi connectivity index (χ4n) is 7.74. The Balaban J connectivity index is 1.56. The number of nitrogens with two attached hydrogens (primary N) is 1. The number of carbonyl (C=O) groups is 4. The van der Waals surface area contributed by atoms with Gasteiger partial charge in [0, 0.05) is 50.1 Å². The Kier molecular flexibility index (Phi) is 8.07. The number of ketones is 3. The van der Waals surface area contributed by atoms with Crippen molar-refractivity contribution in [1.29, 1.82) is 0 Å². The molecule has 0 spiro atoms. The third-order valence-corrected chi connectivity index (χ3v) is 9.98. The van der Waals surface area contributed by atoms with Gasteiger partial charge in [0.05, 0.1) is 23.3 Å². The molecule has 2 aromatic carbocycles. The lowest BCUT2D eigenvalue weighted by molar-refractivity contribution is -0.228. The first-order valence-electron chi connectivity index (χ1n) is 15.1. The van der Waals surface area contributed by atoms with Crippen molar-refractivity contribution in [3.63, 3.8) is 0 Å². The highest BCUT2D eigenvalue weighted by atomic mass is 16.6. The Bertz CT molecular complexity index is 1920. The summed E-state index contributed by atoms with van der Waals surface area (Å²) in [5, 5.41) is 67.1. The SMILES string of the molecule is COC1C(C)OC(N=C2C=C(N)c3c(cc4c(c3O)C(=O)C3(OC)C(O)Cc5cc(C)c(C(=O)O)c(O)c5C3(O)C4=O)C2=O)C(OC)C1O. The number of methoxy groups -OCH3 is 3. The molecule has 0 bridgehead atoms. The van der Waals surface area contributed by atoms with E-state index in [1.54, 1.807) is 6.92 Å². The molecule has 0 amide bonds. The number of ether oxygens (including phenoxy) is 4. The van der Waals surface area contributed by atoms with Gasteiger partial charge in [0.1, 0.15) is 41.1 Å². The van der Waals surface area contributed by atoms with Crippen LogP contribution in [0.15, 0.2) is 23.2 Å². The molecule has 16 nitrogen and oxygen atoms in total. The van der Waals surface area contributed by atoms with E-state index in [1.165, 1.54) is 27.2 Å². The van der Waals surface area contributed by atoms with E-state index in [2.05, 4.69) is 4.99 Å². The molecule has 49 heavy (non-hydrogen) atoms. The molecule has 8 N–H and O–H groups in total. The third kappa shape index (κ3) is 4.32. The zero-order valence-electron chi connectivity index (χ0n) is 26.9. The van der Waals surface area contributed by atoms with E-state index in [0.717, 1.165) is 19.3 Å². The zero-order chi connectivity index (χ0) is 36.1. The van der Waals surface area contributed by atoms with E-state index in [4.69, 9.17) is 24.7 Å². The first-order valence-corrected chi connectivity index (χ1v) is 15.1. The lowest BCUT2D eigenvalue weighted by Crippen LogP contribution is -2.73. The number of Topliss-reactive ketones (excluding diaryl/α,β-unsaturated/α-hetero) is 3. The van der Waals surface area contributed by atoms with Crippen molar-refractivity contribution in [3.05, 3.63) is 62.7 Å². The number of rotatable bonds is 5. The summed E-state index contributed by atoms with van der Waals surface area (Å²) < 4.78 is 22.0. The van der Waals surface area contributed by atoms with Crippen molar-refractivity contribution in [1.82, 2.24) is 0 Å². The minimum absolute atomic E-state index is 0.0422. The Morgan fingerprint density at radius 1 is 1.00 bits per heavy atom. The molecule has 16 heteroatoms. The van der Waals surface area contributed by atoms with Crippen LogP contribution in [-0.4, -0.2) is 123 Å². The number of aromatic carboxylic acids is 1. The largest absolute Gasteiger partial charge is 0.507 e. The number of allylic oxidation sites excluding steroid dienone is 1. The highest BCUT2D eigenvalue weighted by Gasteiger charge is 2.72. The summed E-state index contributed by atoms with van der Waals surface area (Å²) in [6.45, 7) is 2.98. The van der Waals surface area contributed by atoms with Gasteiger partial charge in [0.15, 0.2) is 17.4 Å². The fourth-order valence-corrected chi connectivity index (χ4v) is 7.74. The summed E-state index contributed by atoms with van der Waals surface area (Å²) in [6.07, 6.45) is -6.32. The molecular weight excluding hydrogens is 648 g/mol. The van der Waals surface area contributed by atoms with Gasteiger partial charge in [-0.2, -0.15) is 0 Å². The van der Waals surface area contributed by atoms with E-state index in [0.29, 0.717) is 0 Å². The second-order valence-electron chi connectivity index (χ2n) is 12.4. The van der Waals surface area contributed by atoms with Crippen LogP contribution in [0, 0.1) is 6.92 Å². The van der Waals surface area contributed by atoms with E-state index in [9.17, 15) is 49.8 Å². The lowest BCUT2D eigenvalue weighted by Gasteiger charge is -2.52. The number of carbonyl (C=O) groups excluding carboxylic acids is 3. The number of carboxylic acid groups (broad SMARTS) is 1. The van der Waals surface area contributed by atoms with Crippen LogP contribution in [-0.2, 0) is 31.0 Å². The Morgan fingerprint density at radius 3 is 2.24 bits per heavy atom. The molecule has 1 saturated heterocycles. The number of carboxylic acids is 1. The second kappa shape index (κ2) is 11.5. The van der Waals surface area contributed by atoms with Gasteiger partial charge in [-0.1, -0.05) is 6.07 Å². The number of fused-ring (bicyclic) bond motifs is 5. The van der Waals surface area contributed by atoms with Gasteiger partial charge >= 0.3 is 5.97 Å². The standard InChI is InChI=1S/C33H34N2O14/c1-10-6-12-7-17(36)33(48-5)29(42)20-14(28(41)32(33,45)21(12)24(39)18(10)31(43)44)8-13-19(23(20)38)15(34)9-16(22(13)37)35-30-27(47-4)25(40)26(46-3)11(2)49-30/h6,8-9,11,17,25-27,30,36,38-40,45H,7,34H2,1-5H3,(H,43,44). The summed E-state index contributed by atoms with van der Waals surface area (Å²) in [4.78, 5) is 59.3. The van der Waals surface area contributed by atoms with Gasteiger partial charge in [0.25, 0.3) is 0 Å².